The topological polar surface area (TPSA) is 34.1 Å². The van der Waals surface area contributed by atoms with E-state index in [0.717, 1.165) is 19.3 Å². The van der Waals surface area contributed by atoms with Crippen LogP contribution in [0, 0.1) is 5.92 Å². The van der Waals surface area contributed by atoms with Crippen LogP contribution in [0.5, 0.6) is 0 Å². The number of nitrogens with one attached hydrogen (secondary N) is 1. The summed E-state index contributed by atoms with van der Waals surface area (Å²) in [6.45, 7) is 1.86. The lowest BCUT2D eigenvalue weighted by Crippen LogP contribution is -2.34. The molecule has 0 radical (unpaired) electrons. The van der Waals surface area contributed by atoms with Crippen molar-refractivity contribution < 1.29 is 4.74 Å². The number of aromatic nitrogens is 1. The molecule has 0 bridgehead atoms. The largest absolute Gasteiger partial charge is 0.381 e. The van der Waals surface area contributed by atoms with E-state index in [9.17, 15) is 0 Å². The normalized spacial score (nSPS) is 28.1. The van der Waals surface area contributed by atoms with E-state index in [0.29, 0.717) is 12.0 Å². The molecule has 2 heterocycles. The van der Waals surface area contributed by atoms with Crippen molar-refractivity contribution in [3.63, 3.8) is 0 Å². The Bertz CT molecular complexity index is 440. The number of aryl methyl sites for hydroxylation is 2. The van der Waals surface area contributed by atoms with Crippen molar-refractivity contribution in [1.29, 1.82) is 0 Å². The standard InChI is InChI=1S/C16H24N2OS/c1-2-6-14-13(5-1)18-16(20-14)15(17-12-7-8-12)11-4-3-9-19-10-11/h11-12,15,17H,1-10H2. The van der Waals surface area contributed by atoms with Crippen molar-refractivity contribution in [3.05, 3.63) is 15.6 Å². The summed E-state index contributed by atoms with van der Waals surface area (Å²) in [6.07, 6.45) is 10.3. The second-order valence-electron chi connectivity index (χ2n) is 6.52. The Morgan fingerprint density at radius 1 is 1.15 bits per heavy atom. The first kappa shape index (κ1) is 13.2. The lowest BCUT2D eigenvalue weighted by atomic mass is 9.94. The molecule has 1 saturated heterocycles. The Hall–Kier alpha value is -0.450. The molecule has 20 heavy (non-hydrogen) atoms. The fraction of sp³-hybridized carbons (Fsp3) is 0.812. The Morgan fingerprint density at radius 3 is 2.80 bits per heavy atom. The third kappa shape index (κ3) is 2.78. The summed E-state index contributed by atoms with van der Waals surface area (Å²) in [5.74, 6) is 0.622. The van der Waals surface area contributed by atoms with Crippen LogP contribution in [0.4, 0.5) is 0 Å². The van der Waals surface area contributed by atoms with Crippen LogP contribution in [0.3, 0.4) is 0 Å². The van der Waals surface area contributed by atoms with Gasteiger partial charge in [0.25, 0.3) is 0 Å². The molecule has 4 heteroatoms. The van der Waals surface area contributed by atoms with Gasteiger partial charge in [-0.25, -0.2) is 4.98 Å². The van der Waals surface area contributed by atoms with Crippen molar-refractivity contribution in [2.24, 2.45) is 5.92 Å². The van der Waals surface area contributed by atoms with Gasteiger partial charge in [0.2, 0.25) is 0 Å². The second-order valence-corrected chi connectivity index (χ2v) is 7.64. The fourth-order valence-corrected chi connectivity index (χ4v) is 4.75. The van der Waals surface area contributed by atoms with Crippen molar-refractivity contribution in [3.8, 4) is 0 Å². The molecule has 4 rings (SSSR count). The summed E-state index contributed by atoms with van der Waals surface area (Å²) in [4.78, 5) is 6.57. The van der Waals surface area contributed by atoms with Crippen molar-refractivity contribution in [2.75, 3.05) is 13.2 Å². The molecule has 1 N–H and O–H groups in total. The molecule has 1 aromatic rings. The number of hydrogen-bond donors (Lipinski definition) is 1. The van der Waals surface area contributed by atoms with Gasteiger partial charge < -0.3 is 10.1 Å². The number of rotatable bonds is 4. The number of hydrogen-bond acceptors (Lipinski definition) is 4. The fourth-order valence-electron chi connectivity index (χ4n) is 3.45. The van der Waals surface area contributed by atoms with Crippen LogP contribution >= 0.6 is 11.3 Å². The number of ether oxygens (including phenoxy) is 1. The van der Waals surface area contributed by atoms with Gasteiger partial charge in [0.05, 0.1) is 18.3 Å². The highest BCUT2D eigenvalue weighted by Crippen LogP contribution is 2.37. The van der Waals surface area contributed by atoms with Crippen LogP contribution in [0.2, 0.25) is 0 Å². The van der Waals surface area contributed by atoms with E-state index in [1.54, 1.807) is 4.88 Å². The molecular formula is C16H24N2OS. The van der Waals surface area contributed by atoms with E-state index in [4.69, 9.17) is 9.72 Å². The van der Waals surface area contributed by atoms with E-state index in [1.807, 2.05) is 11.3 Å². The lowest BCUT2D eigenvalue weighted by molar-refractivity contribution is 0.0386. The molecule has 1 aliphatic heterocycles. The summed E-state index contributed by atoms with van der Waals surface area (Å²) < 4.78 is 5.73. The van der Waals surface area contributed by atoms with E-state index in [2.05, 4.69) is 5.32 Å². The summed E-state index contributed by atoms with van der Waals surface area (Å²) in [5, 5.41) is 5.20. The zero-order valence-electron chi connectivity index (χ0n) is 12.1. The molecule has 3 aliphatic rings. The average molecular weight is 292 g/mol. The van der Waals surface area contributed by atoms with Gasteiger partial charge in [-0.1, -0.05) is 0 Å². The van der Waals surface area contributed by atoms with Crippen LogP contribution in [0.25, 0.3) is 0 Å². The van der Waals surface area contributed by atoms with Gasteiger partial charge >= 0.3 is 0 Å². The van der Waals surface area contributed by atoms with Gasteiger partial charge in [0, 0.05) is 23.4 Å². The second kappa shape index (κ2) is 5.74. The highest BCUT2D eigenvalue weighted by molar-refractivity contribution is 7.11. The molecule has 2 atom stereocenters. The summed E-state index contributed by atoms with van der Waals surface area (Å²) in [6, 6.07) is 1.18. The summed E-state index contributed by atoms with van der Waals surface area (Å²) >= 11 is 1.98. The molecule has 0 spiro atoms. The molecule has 3 nitrogen and oxygen atoms in total. The summed E-state index contributed by atoms with van der Waals surface area (Å²) in [5.41, 5.74) is 1.40. The zero-order chi connectivity index (χ0) is 13.4. The molecule has 110 valence electrons. The van der Waals surface area contributed by atoms with E-state index in [-0.39, 0.29) is 0 Å². The first-order valence-corrected chi connectivity index (χ1v) is 9.04. The van der Waals surface area contributed by atoms with Crippen LogP contribution in [0.1, 0.15) is 60.1 Å². The lowest BCUT2D eigenvalue weighted by Gasteiger charge is -2.29. The van der Waals surface area contributed by atoms with E-state index in [1.165, 1.54) is 62.1 Å². The van der Waals surface area contributed by atoms with Gasteiger partial charge in [-0.05, 0) is 51.4 Å². The van der Waals surface area contributed by atoms with Crippen molar-refractivity contribution in [2.45, 2.75) is 63.5 Å². The SMILES string of the molecule is C1CCc2sc(C(NC3CC3)C3CCCOC3)nc2C1. The maximum absolute atomic E-state index is 5.73. The van der Waals surface area contributed by atoms with Crippen LogP contribution in [0.15, 0.2) is 0 Å². The smallest absolute Gasteiger partial charge is 0.110 e. The molecule has 2 fully saturated rings. The monoisotopic (exact) mass is 292 g/mol. The molecule has 1 aromatic heterocycles. The molecule has 2 unspecified atom stereocenters. The molecule has 0 amide bonds. The highest BCUT2D eigenvalue weighted by Gasteiger charge is 2.34. The molecular weight excluding hydrogens is 268 g/mol. The third-order valence-corrected chi connectivity index (χ3v) is 6.03. The minimum Gasteiger partial charge on any atom is -0.381 e. The Labute approximate surface area is 125 Å². The Morgan fingerprint density at radius 2 is 2.05 bits per heavy atom. The van der Waals surface area contributed by atoms with Gasteiger partial charge in [-0.15, -0.1) is 11.3 Å². The minimum absolute atomic E-state index is 0.443. The van der Waals surface area contributed by atoms with E-state index >= 15 is 0 Å². The third-order valence-electron chi connectivity index (χ3n) is 4.79. The molecule has 1 saturated carbocycles. The predicted octanol–water partition coefficient (Wildman–Crippen LogP) is 3.24. The first-order chi connectivity index (χ1) is 9.90. The number of nitrogens with zero attached hydrogens (tertiary/aromatic N) is 1. The predicted molar refractivity (Wildman–Crippen MR) is 81.2 cm³/mol. The van der Waals surface area contributed by atoms with Crippen LogP contribution < -0.4 is 5.32 Å². The zero-order valence-corrected chi connectivity index (χ0v) is 12.9. The van der Waals surface area contributed by atoms with Gasteiger partial charge in [0.1, 0.15) is 5.01 Å². The van der Waals surface area contributed by atoms with Crippen molar-refractivity contribution >= 4 is 11.3 Å². The van der Waals surface area contributed by atoms with Gasteiger partial charge in [-0.2, -0.15) is 0 Å². The number of thiazole rings is 1. The maximum atomic E-state index is 5.73. The van der Waals surface area contributed by atoms with Crippen LogP contribution in [-0.2, 0) is 17.6 Å². The van der Waals surface area contributed by atoms with Crippen molar-refractivity contribution in [1.82, 2.24) is 10.3 Å². The molecule has 2 aliphatic carbocycles. The Balaban J connectivity index is 1.57. The van der Waals surface area contributed by atoms with Gasteiger partial charge in [-0.3, -0.25) is 0 Å². The van der Waals surface area contributed by atoms with E-state index < -0.39 is 0 Å². The Kier molecular flexibility index (Phi) is 3.80. The summed E-state index contributed by atoms with van der Waals surface area (Å²) in [7, 11) is 0. The quantitative estimate of drug-likeness (QED) is 0.925. The van der Waals surface area contributed by atoms with Crippen LogP contribution in [-0.4, -0.2) is 24.2 Å². The maximum Gasteiger partial charge on any atom is 0.110 e. The molecule has 0 aromatic carbocycles. The van der Waals surface area contributed by atoms with Gasteiger partial charge in [0.15, 0.2) is 0 Å². The number of fused-ring (bicyclic) bond motifs is 1. The average Bonchev–Trinajstić information content (AvgIpc) is 3.22. The highest BCUT2D eigenvalue weighted by atomic mass is 32.1. The minimum atomic E-state index is 0.443. The first-order valence-electron chi connectivity index (χ1n) is 8.22.